The normalized spacial score (nSPS) is 8.42. The molecule has 66 valence electrons. The third-order valence-electron chi connectivity index (χ3n) is 1.29. The summed E-state index contributed by atoms with van der Waals surface area (Å²) in [4.78, 5) is 3.82. The van der Waals surface area contributed by atoms with Crippen molar-refractivity contribution in [3.05, 3.63) is 24.0 Å². The first-order chi connectivity index (χ1) is 5.25. The van der Waals surface area contributed by atoms with Crippen LogP contribution in [0.15, 0.2) is 18.5 Å². The van der Waals surface area contributed by atoms with Crippen molar-refractivity contribution >= 4 is 18.2 Å². The van der Waals surface area contributed by atoms with Crippen LogP contribution in [0, 0.1) is 5.41 Å². The van der Waals surface area contributed by atoms with Crippen molar-refractivity contribution in [1.82, 2.24) is 4.98 Å². The van der Waals surface area contributed by atoms with Crippen LogP contribution < -0.4 is 10.5 Å². The fourth-order valence-corrected chi connectivity index (χ4v) is 0.765. The zero-order valence-electron chi connectivity index (χ0n) is 6.57. The zero-order chi connectivity index (χ0) is 8.27. The molecule has 5 heteroatoms. The van der Waals surface area contributed by atoms with Gasteiger partial charge in [0.15, 0.2) is 0 Å². The van der Waals surface area contributed by atoms with Crippen molar-refractivity contribution < 1.29 is 4.74 Å². The smallest absolute Gasteiger partial charge is 0.148 e. The highest BCUT2D eigenvalue weighted by atomic mass is 35.5. The van der Waals surface area contributed by atoms with Gasteiger partial charge in [-0.2, -0.15) is 0 Å². The molecular formula is C7H10ClN3O. The number of ether oxygens (including phenoxy) is 1. The molecular weight excluding hydrogens is 178 g/mol. The Morgan fingerprint density at radius 3 is 2.75 bits per heavy atom. The summed E-state index contributed by atoms with van der Waals surface area (Å²) in [6, 6.07) is 1.64. The third kappa shape index (κ3) is 2.10. The van der Waals surface area contributed by atoms with Gasteiger partial charge in [0.05, 0.1) is 18.9 Å². The van der Waals surface area contributed by atoms with E-state index in [4.69, 9.17) is 15.9 Å². The summed E-state index contributed by atoms with van der Waals surface area (Å²) in [5, 5.41) is 7.15. The number of pyridine rings is 1. The molecule has 4 nitrogen and oxygen atoms in total. The molecule has 0 aromatic carbocycles. The Morgan fingerprint density at radius 1 is 1.67 bits per heavy atom. The summed E-state index contributed by atoms with van der Waals surface area (Å²) >= 11 is 0. The SMILES string of the molecule is COc1cnccc1C(=N)N.Cl. The van der Waals surface area contributed by atoms with E-state index in [2.05, 4.69) is 4.98 Å². The molecule has 0 fully saturated rings. The van der Waals surface area contributed by atoms with Crippen LogP contribution in [0.5, 0.6) is 5.75 Å². The lowest BCUT2D eigenvalue weighted by Crippen LogP contribution is -2.12. The largest absolute Gasteiger partial charge is 0.494 e. The minimum Gasteiger partial charge on any atom is -0.494 e. The first-order valence-electron chi connectivity index (χ1n) is 3.08. The summed E-state index contributed by atoms with van der Waals surface area (Å²) in [7, 11) is 1.52. The van der Waals surface area contributed by atoms with Gasteiger partial charge in [-0.15, -0.1) is 12.4 Å². The van der Waals surface area contributed by atoms with Gasteiger partial charge < -0.3 is 10.5 Å². The molecule has 12 heavy (non-hydrogen) atoms. The number of rotatable bonds is 2. The van der Waals surface area contributed by atoms with Crippen molar-refractivity contribution in [2.45, 2.75) is 0 Å². The fraction of sp³-hybridized carbons (Fsp3) is 0.143. The number of aromatic nitrogens is 1. The van der Waals surface area contributed by atoms with Gasteiger partial charge in [-0.05, 0) is 6.07 Å². The molecule has 1 aromatic rings. The average molecular weight is 188 g/mol. The Hall–Kier alpha value is -1.29. The van der Waals surface area contributed by atoms with Crippen molar-refractivity contribution in [2.24, 2.45) is 5.73 Å². The van der Waals surface area contributed by atoms with Gasteiger partial charge in [0.25, 0.3) is 0 Å². The van der Waals surface area contributed by atoms with Crippen LogP contribution >= 0.6 is 12.4 Å². The highest BCUT2D eigenvalue weighted by Crippen LogP contribution is 2.13. The molecule has 0 amide bonds. The summed E-state index contributed by atoms with van der Waals surface area (Å²) in [5.74, 6) is 0.518. The van der Waals surface area contributed by atoms with Gasteiger partial charge in [0.1, 0.15) is 11.6 Å². The van der Waals surface area contributed by atoms with E-state index in [1.54, 1.807) is 12.3 Å². The van der Waals surface area contributed by atoms with Crippen LogP contribution in [0.1, 0.15) is 5.56 Å². The maximum absolute atomic E-state index is 7.15. The van der Waals surface area contributed by atoms with Crippen LogP contribution in [0.25, 0.3) is 0 Å². The molecule has 0 aliphatic carbocycles. The van der Waals surface area contributed by atoms with Crippen LogP contribution in [0.2, 0.25) is 0 Å². The second-order valence-corrected chi connectivity index (χ2v) is 1.99. The van der Waals surface area contributed by atoms with Gasteiger partial charge in [-0.1, -0.05) is 0 Å². The van der Waals surface area contributed by atoms with E-state index >= 15 is 0 Å². The summed E-state index contributed by atoms with van der Waals surface area (Å²) in [6.07, 6.45) is 3.09. The topological polar surface area (TPSA) is 72.0 Å². The maximum Gasteiger partial charge on any atom is 0.148 e. The molecule has 0 radical (unpaired) electrons. The predicted octanol–water partition coefficient (Wildman–Crippen LogP) is 0.796. The number of hydrogen-bond acceptors (Lipinski definition) is 3. The molecule has 1 heterocycles. The molecule has 0 spiro atoms. The van der Waals surface area contributed by atoms with Crippen molar-refractivity contribution in [3.63, 3.8) is 0 Å². The third-order valence-corrected chi connectivity index (χ3v) is 1.29. The molecule has 0 aliphatic heterocycles. The van der Waals surface area contributed by atoms with E-state index in [9.17, 15) is 0 Å². The number of methoxy groups -OCH3 is 1. The minimum atomic E-state index is -0.00995. The van der Waals surface area contributed by atoms with Gasteiger partial charge in [0, 0.05) is 6.20 Å². The quantitative estimate of drug-likeness (QED) is 0.531. The van der Waals surface area contributed by atoms with Crippen LogP contribution in [0.3, 0.4) is 0 Å². The first kappa shape index (κ1) is 10.7. The number of nitrogen functional groups attached to an aromatic ring is 1. The number of nitrogens with two attached hydrogens (primary N) is 1. The Bertz CT molecular complexity index is 277. The Labute approximate surface area is 76.7 Å². The van der Waals surface area contributed by atoms with E-state index in [0.29, 0.717) is 11.3 Å². The van der Waals surface area contributed by atoms with E-state index < -0.39 is 0 Å². The van der Waals surface area contributed by atoms with E-state index in [1.807, 2.05) is 0 Å². The monoisotopic (exact) mass is 187 g/mol. The Morgan fingerprint density at radius 2 is 2.33 bits per heavy atom. The highest BCUT2D eigenvalue weighted by molar-refractivity contribution is 5.97. The lowest BCUT2D eigenvalue weighted by Gasteiger charge is -2.03. The average Bonchev–Trinajstić information content (AvgIpc) is 2.04. The maximum atomic E-state index is 7.15. The highest BCUT2D eigenvalue weighted by Gasteiger charge is 2.03. The first-order valence-corrected chi connectivity index (χ1v) is 3.08. The summed E-state index contributed by atoms with van der Waals surface area (Å²) < 4.78 is 4.92. The molecule has 0 atom stereocenters. The molecule has 0 bridgehead atoms. The zero-order valence-corrected chi connectivity index (χ0v) is 7.39. The van der Waals surface area contributed by atoms with E-state index in [-0.39, 0.29) is 18.2 Å². The van der Waals surface area contributed by atoms with E-state index in [1.165, 1.54) is 13.3 Å². The van der Waals surface area contributed by atoms with Crippen molar-refractivity contribution in [3.8, 4) is 5.75 Å². The molecule has 3 N–H and O–H groups in total. The van der Waals surface area contributed by atoms with Crippen LogP contribution in [0.4, 0.5) is 0 Å². The van der Waals surface area contributed by atoms with Crippen molar-refractivity contribution in [1.29, 1.82) is 5.41 Å². The molecule has 1 rings (SSSR count). The van der Waals surface area contributed by atoms with Crippen LogP contribution in [-0.2, 0) is 0 Å². The predicted molar refractivity (Wildman–Crippen MR) is 49.1 cm³/mol. The number of amidine groups is 1. The van der Waals surface area contributed by atoms with E-state index in [0.717, 1.165) is 0 Å². The molecule has 0 saturated heterocycles. The lowest BCUT2D eigenvalue weighted by molar-refractivity contribution is 0.412. The second kappa shape index (κ2) is 4.56. The number of nitrogens with zero attached hydrogens (tertiary/aromatic N) is 1. The Balaban J connectivity index is 0.00000121. The number of halogens is 1. The van der Waals surface area contributed by atoms with Gasteiger partial charge in [0.2, 0.25) is 0 Å². The second-order valence-electron chi connectivity index (χ2n) is 1.99. The Kier molecular flexibility index (Phi) is 4.07. The molecule has 0 aliphatic rings. The molecule has 0 saturated carbocycles. The fourth-order valence-electron chi connectivity index (χ4n) is 0.765. The standard InChI is InChI=1S/C7H9N3O.ClH/c1-11-6-4-10-3-2-5(6)7(8)9;/h2-4H,1H3,(H3,8,9);1H. The van der Waals surface area contributed by atoms with Gasteiger partial charge >= 0.3 is 0 Å². The number of hydrogen-bond donors (Lipinski definition) is 2. The minimum absolute atomic E-state index is 0. The molecule has 0 unspecified atom stereocenters. The molecule has 1 aromatic heterocycles. The lowest BCUT2D eigenvalue weighted by atomic mass is 10.2. The van der Waals surface area contributed by atoms with Crippen molar-refractivity contribution in [2.75, 3.05) is 7.11 Å². The van der Waals surface area contributed by atoms with Gasteiger partial charge in [-0.25, -0.2) is 0 Å². The summed E-state index contributed by atoms with van der Waals surface area (Å²) in [6.45, 7) is 0. The summed E-state index contributed by atoms with van der Waals surface area (Å²) in [5.41, 5.74) is 5.84. The van der Waals surface area contributed by atoms with Gasteiger partial charge in [-0.3, -0.25) is 10.4 Å². The van der Waals surface area contributed by atoms with Crippen LogP contribution in [-0.4, -0.2) is 17.9 Å². The number of nitrogens with one attached hydrogen (secondary N) is 1.